The Kier molecular flexibility index (Phi) is 8.24. The second-order valence-corrected chi connectivity index (χ2v) is 7.02. The van der Waals surface area contributed by atoms with E-state index in [9.17, 15) is 4.79 Å². The minimum atomic E-state index is -0.432. The number of ether oxygens (including phenoxy) is 2. The maximum Gasteiger partial charge on any atom is 0.341 e. The number of benzene rings is 1. The first kappa shape index (κ1) is 20.1. The van der Waals surface area contributed by atoms with E-state index in [0.29, 0.717) is 11.3 Å². The molecular formula is C19H20N2O3S2. The van der Waals surface area contributed by atoms with E-state index in [4.69, 9.17) is 9.47 Å². The number of esters is 1. The van der Waals surface area contributed by atoms with Crippen LogP contribution >= 0.6 is 23.5 Å². The molecular weight excluding hydrogens is 368 g/mol. The first-order valence-corrected chi connectivity index (χ1v) is 9.95. The number of hydrogen-bond acceptors (Lipinski definition) is 7. The van der Waals surface area contributed by atoms with Crippen LogP contribution in [-0.2, 0) is 20.0 Å². The predicted molar refractivity (Wildman–Crippen MR) is 110 cm³/mol. The second-order valence-electron chi connectivity index (χ2n) is 5.00. The molecule has 1 aromatic carbocycles. The van der Waals surface area contributed by atoms with Crippen molar-refractivity contribution >= 4 is 45.1 Å². The van der Waals surface area contributed by atoms with Crippen LogP contribution in [0, 0.1) is 0 Å². The monoisotopic (exact) mass is 388 g/mol. The average molecular weight is 389 g/mol. The minimum absolute atomic E-state index is 0.390. The Morgan fingerprint density at radius 1 is 1.23 bits per heavy atom. The SMILES string of the molecule is CO/C=C(/C(=O)OC)c1ccccc1CSC(=Nc1cccnc1)SC. The summed E-state index contributed by atoms with van der Waals surface area (Å²) >= 11 is 3.18. The first-order chi connectivity index (χ1) is 12.7. The van der Waals surface area contributed by atoms with Crippen LogP contribution in [0.3, 0.4) is 0 Å². The number of hydrogen-bond donors (Lipinski definition) is 0. The van der Waals surface area contributed by atoms with Crippen molar-refractivity contribution in [2.45, 2.75) is 5.75 Å². The normalized spacial score (nSPS) is 12.0. The fraction of sp³-hybridized carbons (Fsp3) is 0.211. The lowest BCUT2D eigenvalue weighted by molar-refractivity contribution is -0.133. The summed E-state index contributed by atoms with van der Waals surface area (Å²) in [6.45, 7) is 0. The van der Waals surface area contributed by atoms with E-state index in [-0.39, 0.29) is 0 Å². The van der Waals surface area contributed by atoms with E-state index in [1.165, 1.54) is 20.5 Å². The molecule has 7 heteroatoms. The molecule has 2 rings (SSSR count). The number of aliphatic imine (C=N–C) groups is 1. The van der Waals surface area contributed by atoms with Gasteiger partial charge in [0.2, 0.25) is 0 Å². The van der Waals surface area contributed by atoms with Crippen molar-refractivity contribution < 1.29 is 14.3 Å². The molecule has 0 saturated carbocycles. The summed E-state index contributed by atoms with van der Waals surface area (Å²) in [5, 5.41) is 0. The van der Waals surface area contributed by atoms with Crippen LogP contribution in [0.4, 0.5) is 5.69 Å². The van der Waals surface area contributed by atoms with Crippen molar-refractivity contribution in [2.24, 2.45) is 4.99 Å². The lowest BCUT2D eigenvalue weighted by atomic mass is 10.0. The van der Waals surface area contributed by atoms with E-state index in [0.717, 1.165) is 21.2 Å². The summed E-state index contributed by atoms with van der Waals surface area (Å²) in [4.78, 5) is 20.8. The van der Waals surface area contributed by atoms with Gasteiger partial charge >= 0.3 is 5.97 Å². The Morgan fingerprint density at radius 3 is 2.69 bits per heavy atom. The first-order valence-electron chi connectivity index (χ1n) is 7.74. The fourth-order valence-corrected chi connectivity index (χ4v) is 3.71. The molecule has 0 fully saturated rings. The van der Waals surface area contributed by atoms with Gasteiger partial charge in [-0.25, -0.2) is 9.79 Å². The number of pyridine rings is 1. The minimum Gasteiger partial charge on any atom is -0.503 e. The van der Waals surface area contributed by atoms with Crippen molar-refractivity contribution in [3.63, 3.8) is 0 Å². The molecule has 0 aliphatic rings. The van der Waals surface area contributed by atoms with E-state index >= 15 is 0 Å². The van der Waals surface area contributed by atoms with Gasteiger partial charge in [0, 0.05) is 11.9 Å². The van der Waals surface area contributed by atoms with Gasteiger partial charge in [0.15, 0.2) is 0 Å². The van der Waals surface area contributed by atoms with E-state index in [2.05, 4.69) is 9.98 Å². The molecule has 0 aliphatic carbocycles. The Balaban J connectivity index is 2.23. The number of nitrogens with zero attached hydrogens (tertiary/aromatic N) is 2. The summed E-state index contributed by atoms with van der Waals surface area (Å²) in [6, 6.07) is 11.5. The Hall–Kier alpha value is -2.25. The van der Waals surface area contributed by atoms with Gasteiger partial charge in [0.1, 0.15) is 9.95 Å². The highest BCUT2D eigenvalue weighted by molar-refractivity contribution is 8.38. The second kappa shape index (κ2) is 10.7. The third kappa shape index (κ3) is 5.64. The van der Waals surface area contributed by atoms with Crippen LogP contribution in [0.1, 0.15) is 11.1 Å². The number of carbonyl (C=O) groups excluding carboxylic acids is 1. The number of methoxy groups -OCH3 is 2. The van der Waals surface area contributed by atoms with Crippen LogP contribution in [0.25, 0.3) is 5.57 Å². The molecule has 26 heavy (non-hydrogen) atoms. The summed E-state index contributed by atoms with van der Waals surface area (Å²) in [7, 11) is 2.86. The van der Waals surface area contributed by atoms with Gasteiger partial charge in [-0.3, -0.25) is 4.98 Å². The van der Waals surface area contributed by atoms with Gasteiger partial charge in [-0.2, -0.15) is 0 Å². The zero-order valence-corrected chi connectivity index (χ0v) is 16.5. The lowest BCUT2D eigenvalue weighted by Gasteiger charge is -2.11. The Bertz CT molecular complexity index is 792. The molecule has 5 nitrogen and oxygen atoms in total. The van der Waals surface area contributed by atoms with Crippen molar-refractivity contribution in [1.82, 2.24) is 4.98 Å². The van der Waals surface area contributed by atoms with Crippen LogP contribution < -0.4 is 0 Å². The van der Waals surface area contributed by atoms with Gasteiger partial charge in [-0.1, -0.05) is 36.0 Å². The van der Waals surface area contributed by atoms with Gasteiger partial charge in [-0.15, -0.1) is 11.8 Å². The van der Waals surface area contributed by atoms with Crippen LogP contribution in [0.2, 0.25) is 0 Å². The summed E-state index contributed by atoms with van der Waals surface area (Å²) < 4.78 is 10.8. The van der Waals surface area contributed by atoms with Crippen LogP contribution in [0.15, 0.2) is 60.0 Å². The molecule has 1 aromatic heterocycles. The molecule has 0 spiro atoms. The fourth-order valence-electron chi connectivity index (χ4n) is 2.16. The maximum absolute atomic E-state index is 12.1. The molecule has 0 saturated heterocycles. The Labute approximate surface area is 161 Å². The zero-order chi connectivity index (χ0) is 18.8. The van der Waals surface area contributed by atoms with E-state index in [1.54, 1.807) is 35.9 Å². The van der Waals surface area contributed by atoms with Crippen molar-refractivity contribution in [1.29, 1.82) is 0 Å². The summed E-state index contributed by atoms with van der Waals surface area (Å²) in [6.07, 6.45) is 6.84. The van der Waals surface area contributed by atoms with Gasteiger partial charge in [0.25, 0.3) is 0 Å². The number of carbonyl (C=O) groups is 1. The standard InChI is InChI=1S/C19H20N2O3S2/c1-23-12-17(18(22)24-2)16-9-5-4-7-14(16)13-26-19(25-3)21-15-8-6-10-20-11-15/h4-12H,13H2,1-3H3/b17-12+,21-19?. The molecule has 0 atom stereocenters. The number of aromatic nitrogens is 1. The smallest absolute Gasteiger partial charge is 0.341 e. The van der Waals surface area contributed by atoms with Gasteiger partial charge in [0.05, 0.1) is 32.4 Å². The summed E-state index contributed by atoms with van der Waals surface area (Å²) in [5.74, 6) is 0.229. The largest absolute Gasteiger partial charge is 0.503 e. The predicted octanol–water partition coefficient (Wildman–Crippen LogP) is 4.53. The molecule has 136 valence electrons. The Morgan fingerprint density at radius 2 is 2.04 bits per heavy atom. The molecule has 1 heterocycles. The highest BCUT2D eigenvalue weighted by atomic mass is 32.2. The van der Waals surface area contributed by atoms with Crippen molar-refractivity contribution in [2.75, 3.05) is 20.5 Å². The van der Waals surface area contributed by atoms with Gasteiger partial charge < -0.3 is 9.47 Å². The summed E-state index contributed by atoms with van der Waals surface area (Å²) in [5.41, 5.74) is 2.99. The zero-order valence-electron chi connectivity index (χ0n) is 14.8. The molecule has 0 unspecified atom stereocenters. The van der Waals surface area contributed by atoms with E-state index < -0.39 is 5.97 Å². The molecule has 0 radical (unpaired) electrons. The third-order valence-electron chi connectivity index (χ3n) is 3.34. The highest BCUT2D eigenvalue weighted by Gasteiger charge is 2.17. The highest BCUT2D eigenvalue weighted by Crippen LogP contribution is 2.28. The maximum atomic E-state index is 12.1. The van der Waals surface area contributed by atoms with Crippen molar-refractivity contribution in [3.05, 3.63) is 66.2 Å². The lowest BCUT2D eigenvalue weighted by Crippen LogP contribution is -2.06. The third-order valence-corrected chi connectivity index (χ3v) is 5.43. The van der Waals surface area contributed by atoms with Crippen molar-refractivity contribution in [3.8, 4) is 0 Å². The van der Waals surface area contributed by atoms with E-state index in [1.807, 2.05) is 42.7 Å². The quantitative estimate of drug-likeness (QED) is 0.238. The average Bonchev–Trinajstić information content (AvgIpc) is 2.70. The molecule has 0 bridgehead atoms. The van der Waals surface area contributed by atoms with Crippen LogP contribution in [-0.4, -0.2) is 35.8 Å². The van der Waals surface area contributed by atoms with Gasteiger partial charge in [-0.05, 0) is 29.5 Å². The number of rotatable bonds is 6. The molecule has 0 N–H and O–H groups in total. The molecule has 2 aromatic rings. The number of thioether (sulfide) groups is 2. The van der Waals surface area contributed by atoms with Crippen LogP contribution in [0.5, 0.6) is 0 Å². The molecule has 0 aliphatic heterocycles. The molecule has 0 amide bonds. The topological polar surface area (TPSA) is 60.8 Å².